The molecule has 0 bridgehead atoms. The van der Waals surface area contributed by atoms with Gasteiger partial charge in [0.1, 0.15) is 11.7 Å². The van der Waals surface area contributed by atoms with Crippen LogP contribution in [-0.4, -0.2) is 5.78 Å². The van der Waals surface area contributed by atoms with Crippen molar-refractivity contribution >= 4 is 5.78 Å². The van der Waals surface area contributed by atoms with Crippen LogP contribution in [0.3, 0.4) is 0 Å². The van der Waals surface area contributed by atoms with Gasteiger partial charge in [-0.15, -0.1) is 0 Å². The normalized spacial score (nSPS) is 12.1. The minimum atomic E-state index is -0.410. The molecular weight excluding hydrogens is 138 g/mol. The Morgan fingerprint density at radius 2 is 2.18 bits per heavy atom. The van der Waals surface area contributed by atoms with Gasteiger partial charge in [0.05, 0.1) is 6.07 Å². The van der Waals surface area contributed by atoms with E-state index in [0.29, 0.717) is 6.42 Å². The maximum absolute atomic E-state index is 11.0. The van der Waals surface area contributed by atoms with E-state index in [-0.39, 0.29) is 5.78 Å². The summed E-state index contributed by atoms with van der Waals surface area (Å²) >= 11 is 0. The van der Waals surface area contributed by atoms with E-state index in [1.54, 1.807) is 6.92 Å². The smallest absolute Gasteiger partial charge is 0.149 e. The summed E-state index contributed by atoms with van der Waals surface area (Å²) in [5.74, 6) is -0.326. The van der Waals surface area contributed by atoms with Gasteiger partial charge in [-0.05, 0) is 13.3 Å². The fraction of sp³-hybridized carbons (Fsp3) is 0.778. The van der Waals surface area contributed by atoms with Gasteiger partial charge in [0.25, 0.3) is 0 Å². The van der Waals surface area contributed by atoms with Gasteiger partial charge in [0.15, 0.2) is 0 Å². The summed E-state index contributed by atoms with van der Waals surface area (Å²) in [5, 5.41) is 8.39. The first-order valence-corrected chi connectivity index (χ1v) is 4.14. The van der Waals surface area contributed by atoms with E-state index < -0.39 is 5.92 Å². The lowest BCUT2D eigenvalue weighted by Gasteiger charge is -1.99. The molecule has 2 nitrogen and oxygen atoms in total. The fourth-order valence-corrected chi connectivity index (χ4v) is 0.838. The van der Waals surface area contributed by atoms with Crippen molar-refractivity contribution in [2.75, 3.05) is 0 Å². The Balaban J connectivity index is 3.46. The minimum Gasteiger partial charge on any atom is -0.298 e. The van der Waals surface area contributed by atoms with Crippen LogP contribution in [0.1, 0.15) is 39.5 Å². The van der Waals surface area contributed by atoms with Gasteiger partial charge in [0.2, 0.25) is 0 Å². The Labute approximate surface area is 68.2 Å². The molecule has 62 valence electrons. The molecule has 0 amide bonds. The van der Waals surface area contributed by atoms with E-state index in [0.717, 1.165) is 19.3 Å². The van der Waals surface area contributed by atoms with Crippen molar-refractivity contribution in [3.05, 3.63) is 0 Å². The highest BCUT2D eigenvalue weighted by Gasteiger charge is 2.09. The van der Waals surface area contributed by atoms with Gasteiger partial charge >= 0.3 is 0 Å². The highest BCUT2D eigenvalue weighted by atomic mass is 16.1. The summed E-state index contributed by atoms with van der Waals surface area (Å²) in [6.07, 6.45) is 3.71. The zero-order chi connectivity index (χ0) is 8.69. The molecule has 0 fully saturated rings. The second-order valence-electron chi connectivity index (χ2n) is 2.77. The fourth-order valence-electron chi connectivity index (χ4n) is 0.838. The zero-order valence-corrected chi connectivity index (χ0v) is 7.26. The summed E-state index contributed by atoms with van der Waals surface area (Å²) in [4.78, 5) is 11.0. The van der Waals surface area contributed by atoms with Crippen molar-refractivity contribution in [1.29, 1.82) is 5.26 Å². The first kappa shape index (κ1) is 10.2. The van der Waals surface area contributed by atoms with E-state index in [1.807, 2.05) is 6.07 Å². The van der Waals surface area contributed by atoms with Gasteiger partial charge in [-0.2, -0.15) is 5.26 Å². The topological polar surface area (TPSA) is 40.9 Å². The Kier molecular flexibility index (Phi) is 5.46. The predicted molar refractivity (Wildman–Crippen MR) is 43.9 cm³/mol. The summed E-state index contributed by atoms with van der Waals surface area (Å²) in [7, 11) is 0. The molecule has 0 aromatic rings. The molecule has 0 heterocycles. The van der Waals surface area contributed by atoms with Crippen molar-refractivity contribution in [2.24, 2.45) is 5.92 Å². The molecule has 11 heavy (non-hydrogen) atoms. The first-order valence-electron chi connectivity index (χ1n) is 4.14. The van der Waals surface area contributed by atoms with Crippen molar-refractivity contribution in [3.63, 3.8) is 0 Å². The van der Waals surface area contributed by atoms with E-state index in [4.69, 9.17) is 5.26 Å². The van der Waals surface area contributed by atoms with Crippen molar-refractivity contribution in [3.8, 4) is 6.07 Å². The first-order chi connectivity index (χ1) is 5.22. The van der Waals surface area contributed by atoms with Gasteiger partial charge in [-0.3, -0.25) is 4.79 Å². The quantitative estimate of drug-likeness (QED) is 0.568. The van der Waals surface area contributed by atoms with Crippen molar-refractivity contribution in [1.82, 2.24) is 0 Å². The number of rotatable bonds is 5. The summed E-state index contributed by atoms with van der Waals surface area (Å²) in [5.41, 5.74) is 0. The second kappa shape index (κ2) is 5.91. The number of hydrogen-bond acceptors (Lipinski definition) is 2. The van der Waals surface area contributed by atoms with E-state index in [1.165, 1.54) is 0 Å². The third kappa shape index (κ3) is 4.55. The standard InChI is InChI=1S/C9H15NO/c1-3-4-5-6-9(11)8(2)7-10/h8H,3-6H2,1-2H3. The lowest BCUT2D eigenvalue weighted by atomic mass is 10.0. The Morgan fingerprint density at radius 3 is 2.64 bits per heavy atom. The molecule has 0 aromatic carbocycles. The number of nitriles is 1. The number of carbonyl (C=O) groups excluding carboxylic acids is 1. The molecule has 0 N–H and O–H groups in total. The number of ketones is 1. The molecule has 0 saturated heterocycles. The molecular formula is C9H15NO. The Hall–Kier alpha value is -0.840. The zero-order valence-electron chi connectivity index (χ0n) is 7.26. The number of unbranched alkanes of at least 4 members (excludes halogenated alkanes) is 2. The lowest BCUT2D eigenvalue weighted by molar-refractivity contribution is -0.121. The van der Waals surface area contributed by atoms with Crippen LogP contribution in [0.25, 0.3) is 0 Å². The Morgan fingerprint density at radius 1 is 1.55 bits per heavy atom. The third-order valence-corrected chi connectivity index (χ3v) is 1.70. The number of carbonyl (C=O) groups is 1. The molecule has 1 atom stereocenters. The van der Waals surface area contributed by atoms with Crippen LogP contribution in [0, 0.1) is 17.2 Å². The maximum Gasteiger partial charge on any atom is 0.149 e. The number of hydrogen-bond donors (Lipinski definition) is 0. The molecule has 0 aliphatic rings. The van der Waals surface area contributed by atoms with Crippen LogP contribution < -0.4 is 0 Å². The lowest BCUT2D eigenvalue weighted by Crippen LogP contribution is -2.07. The summed E-state index contributed by atoms with van der Waals surface area (Å²) in [6, 6.07) is 1.94. The van der Waals surface area contributed by atoms with Crippen molar-refractivity contribution < 1.29 is 4.79 Å². The highest BCUT2D eigenvalue weighted by Crippen LogP contribution is 2.05. The number of Topliss-reactive ketones (excluding diaryl/α,β-unsaturated/α-hetero) is 1. The molecule has 0 radical (unpaired) electrons. The Bertz CT molecular complexity index is 157. The van der Waals surface area contributed by atoms with Crippen LogP contribution >= 0.6 is 0 Å². The molecule has 0 aromatic heterocycles. The van der Waals surface area contributed by atoms with Crippen LogP contribution in [0.15, 0.2) is 0 Å². The monoisotopic (exact) mass is 153 g/mol. The third-order valence-electron chi connectivity index (χ3n) is 1.70. The second-order valence-corrected chi connectivity index (χ2v) is 2.77. The van der Waals surface area contributed by atoms with E-state index in [2.05, 4.69) is 6.92 Å². The molecule has 1 unspecified atom stereocenters. The van der Waals surface area contributed by atoms with E-state index in [9.17, 15) is 4.79 Å². The van der Waals surface area contributed by atoms with Crippen LogP contribution in [0.4, 0.5) is 0 Å². The maximum atomic E-state index is 11.0. The minimum absolute atomic E-state index is 0.0842. The number of nitrogens with zero attached hydrogens (tertiary/aromatic N) is 1. The van der Waals surface area contributed by atoms with Gasteiger partial charge in [0, 0.05) is 6.42 Å². The molecule has 0 rings (SSSR count). The van der Waals surface area contributed by atoms with E-state index >= 15 is 0 Å². The molecule has 0 saturated carbocycles. The summed E-state index contributed by atoms with van der Waals surface area (Å²) < 4.78 is 0. The van der Waals surface area contributed by atoms with Gasteiger partial charge in [-0.25, -0.2) is 0 Å². The summed E-state index contributed by atoms with van der Waals surface area (Å²) in [6.45, 7) is 3.76. The predicted octanol–water partition coefficient (Wildman–Crippen LogP) is 2.30. The molecule has 0 aliphatic carbocycles. The van der Waals surface area contributed by atoms with Crippen LogP contribution in [0.5, 0.6) is 0 Å². The molecule has 0 spiro atoms. The van der Waals surface area contributed by atoms with Crippen molar-refractivity contribution in [2.45, 2.75) is 39.5 Å². The van der Waals surface area contributed by atoms with Crippen LogP contribution in [-0.2, 0) is 4.79 Å². The average molecular weight is 153 g/mol. The molecule has 0 aliphatic heterocycles. The average Bonchev–Trinajstić information content (AvgIpc) is 2.03. The van der Waals surface area contributed by atoms with Gasteiger partial charge < -0.3 is 0 Å². The van der Waals surface area contributed by atoms with Crippen LogP contribution in [0.2, 0.25) is 0 Å². The highest BCUT2D eigenvalue weighted by molar-refractivity contribution is 5.82. The van der Waals surface area contributed by atoms with Gasteiger partial charge in [-0.1, -0.05) is 19.8 Å². The SMILES string of the molecule is CCCCCC(=O)C(C)C#N. The molecule has 2 heteroatoms. The largest absolute Gasteiger partial charge is 0.298 e.